The van der Waals surface area contributed by atoms with Gasteiger partial charge in [0.2, 0.25) is 0 Å². The molecule has 3 nitrogen and oxygen atoms in total. The van der Waals surface area contributed by atoms with Crippen LogP contribution in [0.15, 0.2) is 5.38 Å². The summed E-state index contributed by atoms with van der Waals surface area (Å²) in [5.41, 5.74) is 1.15. The van der Waals surface area contributed by atoms with Gasteiger partial charge in [0.1, 0.15) is 5.01 Å². The van der Waals surface area contributed by atoms with Crippen LogP contribution in [0, 0.1) is 6.92 Å². The van der Waals surface area contributed by atoms with Crippen LogP contribution >= 0.6 is 11.3 Å². The van der Waals surface area contributed by atoms with Crippen LogP contribution in [0.3, 0.4) is 0 Å². The molecule has 1 aromatic heterocycles. The average molecular weight is 267 g/mol. The Hall–Kier alpha value is -0.450. The number of nitrogens with zero attached hydrogens (tertiary/aromatic N) is 2. The molecule has 0 aromatic carbocycles. The van der Waals surface area contributed by atoms with Gasteiger partial charge in [0.05, 0.1) is 6.04 Å². The molecule has 0 aliphatic carbocycles. The molecule has 0 amide bonds. The van der Waals surface area contributed by atoms with Gasteiger partial charge in [-0.05, 0) is 27.2 Å². The third-order valence-electron chi connectivity index (χ3n) is 3.83. The summed E-state index contributed by atoms with van der Waals surface area (Å²) in [4.78, 5) is 7.25. The number of hydrogen-bond donors (Lipinski definition) is 1. The molecular formula is C14H25N3S. The van der Waals surface area contributed by atoms with Crippen molar-refractivity contribution in [3.05, 3.63) is 16.1 Å². The van der Waals surface area contributed by atoms with Crippen LogP contribution in [0.5, 0.6) is 0 Å². The number of hydrogen-bond acceptors (Lipinski definition) is 4. The summed E-state index contributed by atoms with van der Waals surface area (Å²) in [5.74, 6) is 0. The smallest absolute Gasteiger partial charge is 0.110 e. The first-order chi connectivity index (χ1) is 8.61. The molecule has 1 aromatic rings. The molecule has 1 aliphatic rings. The Labute approximate surface area is 115 Å². The summed E-state index contributed by atoms with van der Waals surface area (Å²) in [7, 11) is 0. The fraction of sp³-hybridized carbons (Fsp3) is 0.786. The number of aryl methyl sites for hydroxylation is 1. The highest BCUT2D eigenvalue weighted by Crippen LogP contribution is 2.27. The molecule has 0 radical (unpaired) electrons. The quantitative estimate of drug-likeness (QED) is 0.909. The van der Waals surface area contributed by atoms with Crippen molar-refractivity contribution in [3.8, 4) is 0 Å². The summed E-state index contributed by atoms with van der Waals surface area (Å²) in [6, 6.07) is 1.69. The van der Waals surface area contributed by atoms with Gasteiger partial charge in [-0.3, -0.25) is 4.90 Å². The van der Waals surface area contributed by atoms with Crippen molar-refractivity contribution in [1.29, 1.82) is 0 Å². The minimum absolute atomic E-state index is 0.445. The second-order valence-corrected chi connectivity index (χ2v) is 6.33. The Morgan fingerprint density at radius 1 is 1.61 bits per heavy atom. The van der Waals surface area contributed by atoms with Crippen molar-refractivity contribution in [2.24, 2.45) is 0 Å². The molecular weight excluding hydrogens is 242 g/mol. The van der Waals surface area contributed by atoms with Gasteiger partial charge in [-0.15, -0.1) is 11.3 Å². The standard InChI is InChI=1S/C14H25N3S/c1-5-6-13-8-17(11(3)7-15-13)12(4)14-16-10(2)9-18-14/h9,11-13,15H,5-8H2,1-4H3. The Kier molecular flexibility index (Phi) is 4.76. The van der Waals surface area contributed by atoms with E-state index in [2.05, 4.69) is 48.3 Å². The van der Waals surface area contributed by atoms with E-state index in [0.29, 0.717) is 18.1 Å². The molecule has 1 fully saturated rings. The van der Waals surface area contributed by atoms with Crippen molar-refractivity contribution < 1.29 is 0 Å². The summed E-state index contributed by atoms with van der Waals surface area (Å²) < 4.78 is 0. The lowest BCUT2D eigenvalue weighted by atomic mass is 10.0. The molecule has 0 bridgehead atoms. The van der Waals surface area contributed by atoms with Crippen LogP contribution in [0.2, 0.25) is 0 Å². The molecule has 3 unspecified atom stereocenters. The highest BCUT2D eigenvalue weighted by atomic mass is 32.1. The highest BCUT2D eigenvalue weighted by molar-refractivity contribution is 7.09. The van der Waals surface area contributed by atoms with Crippen molar-refractivity contribution in [2.45, 2.75) is 58.7 Å². The fourth-order valence-corrected chi connectivity index (χ4v) is 3.61. The molecule has 3 atom stereocenters. The summed E-state index contributed by atoms with van der Waals surface area (Å²) in [6.45, 7) is 11.2. The van der Waals surface area contributed by atoms with Gasteiger partial charge in [-0.25, -0.2) is 4.98 Å². The van der Waals surface area contributed by atoms with E-state index in [9.17, 15) is 0 Å². The first kappa shape index (κ1) is 14.0. The largest absolute Gasteiger partial charge is 0.311 e. The number of thiazole rings is 1. The average Bonchev–Trinajstić information content (AvgIpc) is 2.78. The van der Waals surface area contributed by atoms with E-state index in [-0.39, 0.29) is 0 Å². The first-order valence-electron chi connectivity index (χ1n) is 7.03. The minimum atomic E-state index is 0.445. The third-order valence-corrected chi connectivity index (χ3v) is 4.96. The lowest BCUT2D eigenvalue weighted by molar-refractivity contribution is 0.0957. The SMILES string of the molecule is CCCC1CN(C(C)c2nc(C)cs2)C(C)CN1. The van der Waals surface area contributed by atoms with E-state index in [1.54, 1.807) is 11.3 Å². The minimum Gasteiger partial charge on any atom is -0.311 e. The van der Waals surface area contributed by atoms with Gasteiger partial charge >= 0.3 is 0 Å². The zero-order valence-corrected chi connectivity index (χ0v) is 12.8. The van der Waals surface area contributed by atoms with Crippen molar-refractivity contribution in [2.75, 3.05) is 13.1 Å². The van der Waals surface area contributed by atoms with Gasteiger partial charge in [0.25, 0.3) is 0 Å². The Morgan fingerprint density at radius 3 is 3.00 bits per heavy atom. The zero-order chi connectivity index (χ0) is 13.1. The van der Waals surface area contributed by atoms with Crippen molar-refractivity contribution in [1.82, 2.24) is 15.2 Å². The maximum absolute atomic E-state index is 4.65. The van der Waals surface area contributed by atoms with Gasteiger partial charge < -0.3 is 5.32 Å². The molecule has 1 N–H and O–H groups in total. The van der Waals surface area contributed by atoms with Gasteiger partial charge in [0, 0.05) is 36.2 Å². The molecule has 2 heterocycles. The number of rotatable bonds is 4. The van der Waals surface area contributed by atoms with Crippen LogP contribution in [0.4, 0.5) is 0 Å². The van der Waals surface area contributed by atoms with E-state index in [4.69, 9.17) is 0 Å². The summed E-state index contributed by atoms with van der Waals surface area (Å²) in [6.07, 6.45) is 2.53. The van der Waals surface area contributed by atoms with E-state index >= 15 is 0 Å². The second-order valence-electron chi connectivity index (χ2n) is 5.44. The fourth-order valence-electron chi connectivity index (χ4n) is 2.74. The predicted molar refractivity (Wildman–Crippen MR) is 78.1 cm³/mol. The molecule has 0 spiro atoms. The van der Waals surface area contributed by atoms with Gasteiger partial charge in [-0.1, -0.05) is 13.3 Å². The van der Waals surface area contributed by atoms with E-state index in [0.717, 1.165) is 18.8 Å². The monoisotopic (exact) mass is 267 g/mol. The van der Waals surface area contributed by atoms with Crippen molar-refractivity contribution in [3.63, 3.8) is 0 Å². The maximum Gasteiger partial charge on any atom is 0.110 e. The molecule has 0 saturated carbocycles. The Balaban J connectivity index is 2.05. The molecule has 18 heavy (non-hydrogen) atoms. The van der Waals surface area contributed by atoms with Crippen molar-refractivity contribution >= 4 is 11.3 Å². The Bertz CT molecular complexity index is 377. The third kappa shape index (κ3) is 3.11. The van der Waals surface area contributed by atoms with Gasteiger partial charge in [-0.2, -0.15) is 0 Å². The lowest BCUT2D eigenvalue weighted by Gasteiger charge is -2.41. The van der Waals surface area contributed by atoms with E-state index in [1.165, 1.54) is 17.8 Å². The molecule has 2 rings (SSSR count). The number of piperazine rings is 1. The van der Waals surface area contributed by atoms with E-state index < -0.39 is 0 Å². The lowest BCUT2D eigenvalue weighted by Crippen LogP contribution is -2.55. The topological polar surface area (TPSA) is 28.2 Å². The molecule has 1 aliphatic heterocycles. The number of nitrogens with one attached hydrogen (secondary N) is 1. The van der Waals surface area contributed by atoms with Crippen LogP contribution in [-0.2, 0) is 0 Å². The number of aromatic nitrogens is 1. The zero-order valence-electron chi connectivity index (χ0n) is 11.9. The maximum atomic E-state index is 4.65. The molecule has 1 saturated heterocycles. The second kappa shape index (κ2) is 6.13. The van der Waals surface area contributed by atoms with Gasteiger partial charge in [0.15, 0.2) is 0 Å². The van der Waals surface area contributed by atoms with Crippen LogP contribution in [-0.4, -0.2) is 35.1 Å². The van der Waals surface area contributed by atoms with Crippen LogP contribution in [0.25, 0.3) is 0 Å². The highest BCUT2D eigenvalue weighted by Gasteiger charge is 2.29. The van der Waals surface area contributed by atoms with Crippen LogP contribution < -0.4 is 5.32 Å². The van der Waals surface area contributed by atoms with Crippen LogP contribution in [0.1, 0.15) is 50.4 Å². The Morgan fingerprint density at radius 2 is 2.39 bits per heavy atom. The summed E-state index contributed by atoms with van der Waals surface area (Å²) >= 11 is 1.79. The van der Waals surface area contributed by atoms with E-state index in [1.807, 2.05) is 0 Å². The first-order valence-corrected chi connectivity index (χ1v) is 7.91. The predicted octanol–water partition coefficient (Wildman–Crippen LogP) is 2.97. The summed E-state index contributed by atoms with van der Waals surface area (Å²) in [5, 5.41) is 7.07. The normalized spacial score (nSPS) is 27.3. The molecule has 102 valence electrons. The molecule has 4 heteroatoms.